The van der Waals surface area contributed by atoms with Crippen molar-refractivity contribution in [3.8, 4) is 0 Å². The molecule has 0 atom stereocenters. The van der Waals surface area contributed by atoms with Crippen molar-refractivity contribution in [3.05, 3.63) is 22.8 Å². The summed E-state index contributed by atoms with van der Waals surface area (Å²) in [4.78, 5) is 0. The molecule has 1 aromatic heterocycles. The van der Waals surface area contributed by atoms with Gasteiger partial charge in [0.1, 0.15) is 6.73 Å². The molecular formula is C14H22ClN3OSi. The molecule has 1 heterocycles. The molecule has 1 aromatic carbocycles. The molecule has 0 bridgehead atoms. The lowest BCUT2D eigenvalue weighted by atomic mass is 10.1. The molecule has 0 saturated carbocycles. The van der Waals surface area contributed by atoms with Crippen molar-refractivity contribution in [2.75, 3.05) is 12.3 Å². The van der Waals surface area contributed by atoms with Crippen molar-refractivity contribution in [2.24, 2.45) is 0 Å². The van der Waals surface area contributed by atoms with Gasteiger partial charge in [-0.05, 0) is 24.6 Å². The second-order valence-electron chi connectivity index (χ2n) is 6.35. The quantitative estimate of drug-likeness (QED) is 0.518. The van der Waals surface area contributed by atoms with Crippen LogP contribution in [0.1, 0.15) is 5.56 Å². The smallest absolute Gasteiger partial charge is 0.140 e. The van der Waals surface area contributed by atoms with Gasteiger partial charge in [0.2, 0.25) is 0 Å². The number of hydrogen-bond acceptors (Lipinski definition) is 3. The molecule has 0 fully saturated rings. The number of fused-ring (bicyclic) bond motifs is 1. The predicted molar refractivity (Wildman–Crippen MR) is 88.0 cm³/mol. The van der Waals surface area contributed by atoms with Crippen LogP contribution in [0, 0.1) is 6.92 Å². The molecule has 2 rings (SSSR count). The molecule has 2 aromatic rings. The average Bonchev–Trinajstić information content (AvgIpc) is 2.75. The van der Waals surface area contributed by atoms with E-state index < -0.39 is 8.07 Å². The van der Waals surface area contributed by atoms with Crippen molar-refractivity contribution in [1.29, 1.82) is 0 Å². The van der Waals surface area contributed by atoms with E-state index in [1.54, 1.807) is 10.9 Å². The number of nitrogen functional groups attached to an aromatic ring is 1. The van der Waals surface area contributed by atoms with E-state index in [2.05, 4.69) is 24.7 Å². The zero-order chi connectivity index (χ0) is 14.9. The molecule has 4 nitrogen and oxygen atoms in total. The van der Waals surface area contributed by atoms with E-state index in [0.717, 1.165) is 29.1 Å². The molecule has 0 aliphatic heterocycles. The first-order valence-electron chi connectivity index (χ1n) is 6.77. The standard InChI is InChI=1S/C14H22ClN3OSi/c1-10-7-12(16)11-8-17-18(14(11)13(10)15)9-19-5-6-20(2,3)4/h7-8H,5-6,9,16H2,1-4H3. The van der Waals surface area contributed by atoms with Crippen LogP contribution in [0.15, 0.2) is 12.3 Å². The lowest BCUT2D eigenvalue weighted by Gasteiger charge is -2.15. The fraction of sp³-hybridized carbons (Fsp3) is 0.500. The van der Waals surface area contributed by atoms with E-state index in [0.29, 0.717) is 17.4 Å². The van der Waals surface area contributed by atoms with Gasteiger partial charge in [-0.3, -0.25) is 0 Å². The summed E-state index contributed by atoms with van der Waals surface area (Å²) in [5, 5.41) is 5.91. The Kier molecular flexibility index (Phi) is 4.42. The van der Waals surface area contributed by atoms with Gasteiger partial charge in [0.05, 0.1) is 16.7 Å². The van der Waals surface area contributed by atoms with Crippen LogP contribution in [0.25, 0.3) is 10.9 Å². The minimum absolute atomic E-state index is 0.413. The monoisotopic (exact) mass is 311 g/mol. The third kappa shape index (κ3) is 3.34. The largest absolute Gasteiger partial charge is 0.398 e. The fourth-order valence-electron chi connectivity index (χ4n) is 2.02. The summed E-state index contributed by atoms with van der Waals surface area (Å²) < 4.78 is 7.52. The van der Waals surface area contributed by atoms with Crippen LogP contribution in [-0.2, 0) is 11.5 Å². The maximum Gasteiger partial charge on any atom is 0.140 e. The number of halogens is 1. The number of aryl methyl sites for hydroxylation is 1. The second-order valence-corrected chi connectivity index (χ2v) is 12.4. The maximum absolute atomic E-state index is 6.36. The summed E-state index contributed by atoms with van der Waals surface area (Å²) in [7, 11) is -1.06. The molecule has 0 amide bonds. The Hall–Kier alpha value is -1.04. The van der Waals surface area contributed by atoms with Gasteiger partial charge in [-0.25, -0.2) is 4.68 Å². The number of benzene rings is 1. The Bertz CT molecular complexity index is 619. The number of anilines is 1. The van der Waals surface area contributed by atoms with Crippen LogP contribution in [0.3, 0.4) is 0 Å². The molecule has 2 N–H and O–H groups in total. The summed E-state index contributed by atoms with van der Waals surface area (Å²) in [6.45, 7) is 10.1. The zero-order valence-electron chi connectivity index (χ0n) is 12.5. The van der Waals surface area contributed by atoms with Crippen LogP contribution in [-0.4, -0.2) is 24.5 Å². The highest BCUT2D eigenvalue weighted by Crippen LogP contribution is 2.31. The Labute approximate surface area is 125 Å². The van der Waals surface area contributed by atoms with Gasteiger partial charge in [0.25, 0.3) is 0 Å². The molecule has 20 heavy (non-hydrogen) atoms. The zero-order valence-corrected chi connectivity index (χ0v) is 14.3. The number of nitrogens with two attached hydrogens (primary N) is 1. The predicted octanol–water partition coefficient (Wildman–Crippen LogP) is 3.89. The van der Waals surface area contributed by atoms with Gasteiger partial charge >= 0.3 is 0 Å². The fourth-order valence-corrected chi connectivity index (χ4v) is 3.03. The van der Waals surface area contributed by atoms with Crippen LogP contribution in [0.2, 0.25) is 30.7 Å². The summed E-state index contributed by atoms with van der Waals surface area (Å²) >= 11 is 6.36. The lowest BCUT2D eigenvalue weighted by Crippen LogP contribution is -2.22. The van der Waals surface area contributed by atoms with E-state index >= 15 is 0 Å². The number of nitrogens with zero attached hydrogens (tertiary/aromatic N) is 2. The lowest BCUT2D eigenvalue weighted by molar-refractivity contribution is 0.0817. The van der Waals surface area contributed by atoms with E-state index in [-0.39, 0.29) is 0 Å². The van der Waals surface area contributed by atoms with Crippen molar-refractivity contribution in [1.82, 2.24) is 9.78 Å². The molecule has 0 aliphatic carbocycles. The summed E-state index contributed by atoms with van der Waals surface area (Å²) in [6, 6.07) is 3.02. The number of aromatic nitrogens is 2. The van der Waals surface area contributed by atoms with Gasteiger partial charge in [-0.1, -0.05) is 31.2 Å². The van der Waals surface area contributed by atoms with E-state index in [1.165, 1.54) is 0 Å². The molecule has 0 saturated heterocycles. The number of hydrogen-bond donors (Lipinski definition) is 1. The average molecular weight is 312 g/mol. The molecule has 0 spiro atoms. The summed E-state index contributed by atoms with van der Waals surface area (Å²) in [5.74, 6) is 0. The molecule has 0 aliphatic rings. The van der Waals surface area contributed by atoms with E-state index in [4.69, 9.17) is 22.1 Å². The molecule has 6 heteroatoms. The second kappa shape index (κ2) is 5.75. The highest BCUT2D eigenvalue weighted by Gasteiger charge is 2.14. The first-order valence-corrected chi connectivity index (χ1v) is 10.9. The van der Waals surface area contributed by atoms with Gasteiger partial charge in [-0.15, -0.1) is 0 Å². The van der Waals surface area contributed by atoms with Crippen LogP contribution >= 0.6 is 11.6 Å². The van der Waals surface area contributed by atoms with Crippen LogP contribution in [0.5, 0.6) is 0 Å². The summed E-state index contributed by atoms with van der Waals surface area (Å²) in [6.07, 6.45) is 1.75. The van der Waals surface area contributed by atoms with E-state index in [9.17, 15) is 0 Å². The first kappa shape index (κ1) is 15.3. The van der Waals surface area contributed by atoms with E-state index in [1.807, 2.05) is 13.0 Å². The Morgan fingerprint density at radius 2 is 2.10 bits per heavy atom. The first-order chi connectivity index (χ1) is 9.29. The number of ether oxygens (including phenoxy) is 1. The van der Waals surface area contributed by atoms with Gasteiger partial charge in [0, 0.05) is 25.8 Å². The number of rotatable bonds is 5. The molecule has 0 unspecified atom stereocenters. The topological polar surface area (TPSA) is 53.1 Å². The third-order valence-electron chi connectivity index (χ3n) is 3.29. The van der Waals surface area contributed by atoms with Crippen LogP contribution < -0.4 is 5.73 Å². The van der Waals surface area contributed by atoms with Crippen molar-refractivity contribution < 1.29 is 4.74 Å². The van der Waals surface area contributed by atoms with Crippen molar-refractivity contribution >= 4 is 36.3 Å². The minimum Gasteiger partial charge on any atom is -0.398 e. The Morgan fingerprint density at radius 3 is 2.75 bits per heavy atom. The molecule has 110 valence electrons. The third-order valence-corrected chi connectivity index (χ3v) is 5.47. The Morgan fingerprint density at radius 1 is 1.40 bits per heavy atom. The molecular weight excluding hydrogens is 290 g/mol. The Balaban J connectivity index is 2.15. The normalized spacial score (nSPS) is 12.2. The SMILES string of the molecule is Cc1cc(N)c2cnn(COCC[Si](C)(C)C)c2c1Cl. The highest BCUT2D eigenvalue weighted by atomic mass is 35.5. The summed E-state index contributed by atoms with van der Waals surface area (Å²) in [5.41, 5.74) is 8.53. The highest BCUT2D eigenvalue weighted by molar-refractivity contribution is 6.76. The maximum atomic E-state index is 6.36. The van der Waals surface area contributed by atoms with Gasteiger partial charge in [0.15, 0.2) is 0 Å². The van der Waals surface area contributed by atoms with Gasteiger partial charge < -0.3 is 10.5 Å². The van der Waals surface area contributed by atoms with Crippen molar-refractivity contribution in [2.45, 2.75) is 39.3 Å². The molecule has 0 radical (unpaired) electrons. The van der Waals surface area contributed by atoms with Crippen molar-refractivity contribution in [3.63, 3.8) is 0 Å². The minimum atomic E-state index is -1.06. The van der Waals surface area contributed by atoms with Gasteiger partial charge in [-0.2, -0.15) is 5.10 Å². The van der Waals surface area contributed by atoms with Crippen LogP contribution in [0.4, 0.5) is 5.69 Å².